The first kappa shape index (κ1) is 19.7. The van der Waals surface area contributed by atoms with Crippen molar-refractivity contribution >= 4 is 17.4 Å². The lowest BCUT2D eigenvalue weighted by Gasteiger charge is -2.10. The Balaban J connectivity index is 1.67. The highest BCUT2D eigenvalue weighted by atomic mass is 32.2. The number of para-hydroxylation sites is 1. The Labute approximate surface area is 177 Å². The molecule has 0 aliphatic rings. The summed E-state index contributed by atoms with van der Waals surface area (Å²) in [6.07, 6.45) is 0. The van der Waals surface area contributed by atoms with Gasteiger partial charge < -0.3 is 4.74 Å². The fourth-order valence-corrected chi connectivity index (χ4v) is 3.87. The fourth-order valence-electron chi connectivity index (χ4n) is 2.96. The minimum atomic E-state index is -0.415. The van der Waals surface area contributed by atoms with Gasteiger partial charge in [-0.1, -0.05) is 42.1 Å². The topological polar surface area (TPSA) is 83.1 Å². The highest BCUT2D eigenvalue weighted by Crippen LogP contribution is 2.30. The van der Waals surface area contributed by atoms with Gasteiger partial charge >= 0.3 is 0 Å². The van der Waals surface area contributed by atoms with E-state index in [1.807, 2.05) is 59.2 Å². The molecule has 0 radical (unpaired) electrons. The molecule has 0 spiro atoms. The summed E-state index contributed by atoms with van der Waals surface area (Å²) < 4.78 is 7.18. The summed E-state index contributed by atoms with van der Waals surface area (Å²) in [5.41, 5.74) is 2.86. The van der Waals surface area contributed by atoms with E-state index >= 15 is 0 Å². The van der Waals surface area contributed by atoms with Crippen LogP contribution in [0.5, 0.6) is 5.75 Å². The minimum absolute atomic E-state index is 0.0404. The van der Waals surface area contributed by atoms with E-state index in [1.165, 1.54) is 12.1 Å². The van der Waals surface area contributed by atoms with Gasteiger partial charge in [0.05, 0.1) is 12.0 Å². The number of nitro groups is 1. The van der Waals surface area contributed by atoms with Crippen LogP contribution in [-0.4, -0.2) is 26.8 Å². The maximum absolute atomic E-state index is 11.0. The number of hydrogen-bond acceptors (Lipinski definition) is 6. The normalized spacial score (nSPS) is 10.7. The van der Waals surface area contributed by atoms with Gasteiger partial charge in [-0.15, -0.1) is 10.2 Å². The average molecular weight is 418 g/mol. The maximum Gasteiger partial charge on any atom is 0.269 e. The molecule has 3 aromatic carbocycles. The molecule has 0 bridgehead atoms. The van der Waals surface area contributed by atoms with Crippen LogP contribution < -0.4 is 4.74 Å². The molecular formula is C22H18N4O3S. The number of methoxy groups -OCH3 is 1. The van der Waals surface area contributed by atoms with Crippen LogP contribution in [0.15, 0.2) is 84.0 Å². The predicted octanol–water partition coefficient (Wildman–Crippen LogP) is 5.14. The van der Waals surface area contributed by atoms with Gasteiger partial charge in [0, 0.05) is 29.1 Å². The van der Waals surface area contributed by atoms with Crippen molar-refractivity contribution in [3.05, 3.63) is 94.5 Å². The van der Waals surface area contributed by atoms with Crippen molar-refractivity contribution in [1.29, 1.82) is 0 Å². The number of non-ortho nitro benzene ring substituents is 1. The summed E-state index contributed by atoms with van der Waals surface area (Å²) in [4.78, 5) is 10.5. The molecule has 0 unspecified atom stereocenters. The SMILES string of the molecule is COc1ccc(CSc2nnc(-c3ccc([N+](=O)[O-])cc3)n2-c2ccccc2)cc1. The van der Waals surface area contributed by atoms with E-state index in [9.17, 15) is 10.1 Å². The monoisotopic (exact) mass is 418 g/mol. The van der Waals surface area contributed by atoms with Crippen molar-refractivity contribution in [3.63, 3.8) is 0 Å². The van der Waals surface area contributed by atoms with Crippen LogP contribution in [0.3, 0.4) is 0 Å². The molecule has 0 aliphatic heterocycles. The van der Waals surface area contributed by atoms with Crippen LogP contribution in [0, 0.1) is 10.1 Å². The third-order valence-electron chi connectivity index (χ3n) is 4.51. The van der Waals surface area contributed by atoms with Crippen molar-refractivity contribution in [2.24, 2.45) is 0 Å². The van der Waals surface area contributed by atoms with Crippen LogP contribution in [0.25, 0.3) is 17.1 Å². The van der Waals surface area contributed by atoms with E-state index in [-0.39, 0.29) is 5.69 Å². The molecule has 150 valence electrons. The average Bonchev–Trinajstić information content (AvgIpc) is 3.22. The molecule has 0 atom stereocenters. The number of benzene rings is 3. The lowest BCUT2D eigenvalue weighted by Crippen LogP contribution is -1.99. The molecule has 0 amide bonds. The lowest BCUT2D eigenvalue weighted by molar-refractivity contribution is -0.384. The van der Waals surface area contributed by atoms with Crippen molar-refractivity contribution < 1.29 is 9.66 Å². The lowest BCUT2D eigenvalue weighted by atomic mass is 10.2. The van der Waals surface area contributed by atoms with Gasteiger partial charge in [-0.3, -0.25) is 14.7 Å². The van der Waals surface area contributed by atoms with Crippen molar-refractivity contribution in [2.75, 3.05) is 7.11 Å². The number of thioether (sulfide) groups is 1. The number of aromatic nitrogens is 3. The summed E-state index contributed by atoms with van der Waals surface area (Å²) in [7, 11) is 1.64. The zero-order chi connectivity index (χ0) is 20.9. The quantitative estimate of drug-likeness (QED) is 0.235. The first-order valence-corrected chi connectivity index (χ1v) is 10.2. The van der Waals surface area contributed by atoms with Crippen LogP contribution in [0.2, 0.25) is 0 Å². The second-order valence-electron chi connectivity index (χ2n) is 6.42. The molecule has 4 rings (SSSR count). The molecule has 0 saturated heterocycles. The van der Waals surface area contributed by atoms with E-state index < -0.39 is 4.92 Å². The fraction of sp³-hybridized carbons (Fsp3) is 0.0909. The van der Waals surface area contributed by atoms with Gasteiger partial charge in [0.25, 0.3) is 5.69 Å². The van der Waals surface area contributed by atoms with E-state index in [1.54, 1.807) is 31.0 Å². The smallest absolute Gasteiger partial charge is 0.269 e. The van der Waals surface area contributed by atoms with Gasteiger partial charge in [-0.2, -0.15) is 0 Å². The first-order chi connectivity index (χ1) is 14.7. The van der Waals surface area contributed by atoms with Gasteiger partial charge in [0.1, 0.15) is 5.75 Å². The summed E-state index contributed by atoms with van der Waals surface area (Å²) in [6.45, 7) is 0. The molecule has 0 N–H and O–H groups in total. The van der Waals surface area contributed by atoms with Crippen LogP contribution in [0.1, 0.15) is 5.56 Å². The molecule has 30 heavy (non-hydrogen) atoms. The number of rotatable bonds is 7. The molecule has 0 fully saturated rings. The predicted molar refractivity (Wildman–Crippen MR) is 116 cm³/mol. The van der Waals surface area contributed by atoms with Gasteiger partial charge in [0.2, 0.25) is 0 Å². The Morgan fingerprint density at radius 2 is 1.67 bits per heavy atom. The molecular weight excluding hydrogens is 400 g/mol. The first-order valence-electron chi connectivity index (χ1n) is 9.17. The second kappa shape index (κ2) is 8.79. The van der Waals surface area contributed by atoms with Gasteiger partial charge in [-0.05, 0) is 42.0 Å². The highest BCUT2D eigenvalue weighted by molar-refractivity contribution is 7.98. The Bertz CT molecular complexity index is 1140. The van der Waals surface area contributed by atoms with Gasteiger partial charge in [-0.25, -0.2) is 0 Å². The molecule has 8 heteroatoms. The summed E-state index contributed by atoms with van der Waals surface area (Å²) in [5.74, 6) is 2.17. The third-order valence-corrected chi connectivity index (χ3v) is 5.51. The number of hydrogen-bond donors (Lipinski definition) is 0. The molecule has 1 heterocycles. The van der Waals surface area contributed by atoms with Crippen LogP contribution in [-0.2, 0) is 5.75 Å². The molecule has 0 saturated carbocycles. The van der Waals surface area contributed by atoms with Crippen molar-refractivity contribution in [2.45, 2.75) is 10.9 Å². The summed E-state index contributed by atoms with van der Waals surface area (Å²) in [5, 5.41) is 20.5. The number of nitrogens with zero attached hydrogens (tertiary/aromatic N) is 4. The molecule has 0 aliphatic carbocycles. The zero-order valence-corrected chi connectivity index (χ0v) is 17.0. The highest BCUT2D eigenvalue weighted by Gasteiger charge is 2.17. The van der Waals surface area contributed by atoms with Crippen molar-refractivity contribution in [3.8, 4) is 22.8 Å². The zero-order valence-electron chi connectivity index (χ0n) is 16.1. The van der Waals surface area contributed by atoms with E-state index in [2.05, 4.69) is 10.2 Å². The second-order valence-corrected chi connectivity index (χ2v) is 7.36. The van der Waals surface area contributed by atoms with Crippen LogP contribution in [0.4, 0.5) is 5.69 Å². The molecule has 7 nitrogen and oxygen atoms in total. The Kier molecular flexibility index (Phi) is 5.76. The maximum atomic E-state index is 11.0. The summed E-state index contributed by atoms with van der Waals surface area (Å²) >= 11 is 1.57. The summed E-state index contributed by atoms with van der Waals surface area (Å²) in [6, 6.07) is 24.1. The van der Waals surface area contributed by atoms with Crippen LogP contribution >= 0.6 is 11.8 Å². The molecule has 1 aromatic heterocycles. The van der Waals surface area contributed by atoms with E-state index in [0.29, 0.717) is 5.82 Å². The Hall–Kier alpha value is -3.65. The number of ether oxygens (including phenoxy) is 1. The van der Waals surface area contributed by atoms with E-state index in [4.69, 9.17) is 4.74 Å². The largest absolute Gasteiger partial charge is 0.497 e. The minimum Gasteiger partial charge on any atom is -0.497 e. The van der Waals surface area contributed by atoms with E-state index in [0.717, 1.165) is 33.5 Å². The molecule has 4 aromatic rings. The Morgan fingerprint density at radius 3 is 2.30 bits per heavy atom. The van der Waals surface area contributed by atoms with Gasteiger partial charge in [0.15, 0.2) is 11.0 Å². The third kappa shape index (κ3) is 4.18. The number of nitro benzene ring substituents is 1. The standard InChI is InChI=1S/C22H18N4O3S/c1-29-20-13-7-16(8-14-20)15-30-22-24-23-21(25(22)18-5-3-2-4-6-18)17-9-11-19(12-10-17)26(27)28/h2-14H,15H2,1H3. The Morgan fingerprint density at radius 1 is 0.967 bits per heavy atom. The van der Waals surface area contributed by atoms with Crippen molar-refractivity contribution in [1.82, 2.24) is 14.8 Å².